The SMILES string of the molecule is CO[C@H]1OC(=O)C[C@H]2[C@@H]1[C@H](O)[C@H]1OC(=O)[C@@]3(C)CCC[C@@]2(C)[C@@H]13. The lowest BCUT2D eigenvalue weighted by Gasteiger charge is -2.60. The van der Waals surface area contributed by atoms with Crippen molar-refractivity contribution >= 4 is 11.9 Å². The number of carbonyl (C=O) groups is 2. The molecule has 4 aliphatic rings. The van der Waals surface area contributed by atoms with Crippen LogP contribution in [0.15, 0.2) is 0 Å². The van der Waals surface area contributed by atoms with Crippen molar-refractivity contribution in [3.8, 4) is 0 Å². The van der Waals surface area contributed by atoms with Crippen LogP contribution in [0.25, 0.3) is 0 Å². The number of cyclic esters (lactones) is 1. The molecule has 0 bridgehead atoms. The first-order valence-electron chi connectivity index (χ1n) is 8.44. The first-order valence-corrected chi connectivity index (χ1v) is 8.44. The van der Waals surface area contributed by atoms with Gasteiger partial charge in [0.25, 0.3) is 0 Å². The van der Waals surface area contributed by atoms with Gasteiger partial charge in [0, 0.05) is 19.4 Å². The van der Waals surface area contributed by atoms with Crippen molar-refractivity contribution in [3.05, 3.63) is 0 Å². The van der Waals surface area contributed by atoms with Gasteiger partial charge >= 0.3 is 11.9 Å². The van der Waals surface area contributed by atoms with Crippen LogP contribution in [-0.4, -0.2) is 42.7 Å². The number of aliphatic hydroxyl groups excluding tert-OH is 1. The maximum absolute atomic E-state index is 12.5. The molecule has 128 valence electrons. The van der Waals surface area contributed by atoms with Crippen molar-refractivity contribution in [3.63, 3.8) is 0 Å². The Kier molecular flexibility index (Phi) is 3.14. The molecule has 6 nitrogen and oxygen atoms in total. The maximum atomic E-state index is 12.5. The van der Waals surface area contributed by atoms with Crippen molar-refractivity contribution in [2.45, 2.75) is 58.0 Å². The first-order chi connectivity index (χ1) is 10.8. The standard InChI is InChI=1S/C17H24O6/c1-16-5-4-6-17(2)13(16)12(23-15(17)20)11(19)10-8(16)7-9(18)22-14(10)21-3/h8,10-14,19H,4-7H2,1-3H3/t8-,10+,11-,12+,13+,14-,16+,17-/m0/s1. The van der Waals surface area contributed by atoms with Crippen molar-refractivity contribution in [2.75, 3.05) is 7.11 Å². The minimum Gasteiger partial charge on any atom is -0.459 e. The van der Waals surface area contributed by atoms with E-state index in [1.165, 1.54) is 7.11 Å². The molecule has 4 rings (SSSR count). The summed E-state index contributed by atoms with van der Waals surface area (Å²) in [7, 11) is 1.48. The van der Waals surface area contributed by atoms with E-state index in [4.69, 9.17) is 14.2 Å². The predicted octanol–water partition coefficient (Wildman–Crippen LogP) is 1.25. The van der Waals surface area contributed by atoms with Gasteiger partial charge in [-0.25, -0.2) is 0 Å². The largest absolute Gasteiger partial charge is 0.459 e. The predicted molar refractivity (Wildman–Crippen MR) is 77.9 cm³/mol. The van der Waals surface area contributed by atoms with Gasteiger partial charge in [-0.1, -0.05) is 13.3 Å². The number of rotatable bonds is 1. The van der Waals surface area contributed by atoms with Crippen LogP contribution in [0.4, 0.5) is 0 Å². The molecule has 2 saturated carbocycles. The van der Waals surface area contributed by atoms with Gasteiger partial charge in [0.1, 0.15) is 12.2 Å². The zero-order valence-electron chi connectivity index (χ0n) is 13.8. The minimum absolute atomic E-state index is 0.0564. The number of hydrogen-bond acceptors (Lipinski definition) is 6. The Labute approximate surface area is 135 Å². The summed E-state index contributed by atoms with van der Waals surface area (Å²) >= 11 is 0. The molecule has 0 unspecified atom stereocenters. The molecule has 0 spiro atoms. The molecule has 1 N–H and O–H groups in total. The van der Waals surface area contributed by atoms with E-state index >= 15 is 0 Å². The molecule has 2 aliphatic carbocycles. The molecule has 0 aromatic carbocycles. The highest BCUT2D eigenvalue weighted by Crippen LogP contribution is 2.66. The molecule has 8 atom stereocenters. The molecule has 4 fully saturated rings. The number of aliphatic hydroxyl groups is 1. The van der Waals surface area contributed by atoms with Crippen LogP contribution in [0, 0.1) is 28.6 Å². The highest BCUT2D eigenvalue weighted by atomic mass is 16.7. The Morgan fingerprint density at radius 3 is 2.65 bits per heavy atom. The van der Waals surface area contributed by atoms with E-state index in [2.05, 4.69) is 6.92 Å². The third kappa shape index (κ3) is 1.76. The molecule has 0 aromatic heterocycles. The highest BCUT2D eigenvalue weighted by Gasteiger charge is 2.71. The average Bonchev–Trinajstić information content (AvgIpc) is 2.78. The summed E-state index contributed by atoms with van der Waals surface area (Å²) in [6.45, 7) is 4.11. The molecule has 2 saturated heterocycles. The Morgan fingerprint density at radius 1 is 1.22 bits per heavy atom. The number of ether oxygens (including phenoxy) is 3. The summed E-state index contributed by atoms with van der Waals surface area (Å²) in [5.74, 6) is -0.966. The van der Waals surface area contributed by atoms with Gasteiger partial charge in [0.2, 0.25) is 6.29 Å². The lowest BCUT2D eigenvalue weighted by atomic mass is 9.44. The molecular weight excluding hydrogens is 300 g/mol. The van der Waals surface area contributed by atoms with Gasteiger partial charge in [-0.3, -0.25) is 9.59 Å². The summed E-state index contributed by atoms with van der Waals surface area (Å²) in [6, 6.07) is 0. The van der Waals surface area contributed by atoms with Gasteiger partial charge in [-0.2, -0.15) is 0 Å². The van der Waals surface area contributed by atoms with Crippen LogP contribution in [0.1, 0.15) is 39.5 Å². The molecule has 2 aliphatic heterocycles. The van der Waals surface area contributed by atoms with Gasteiger partial charge in [-0.05, 0) is 31.1 Å². The lowest BCUT2D eigenvalue weighted by Crippen LogP contribution is -2.65. The Hall–Kier alpha value is -1.14. The zero-order valence-corrected chi connectivity index (χ0v) is 13.8. The van der Waals surface area contributed by atoms with E-state index in [1.54, 1.807) is 0 Å². The summed E-state index contributed by atoms with van der Waals surface area (Å²) in [4.78, 5) is 24.6. The zero-order chi connectivity index (χ0) is 16.6. The van der Waals surface area contributed by atoms with Crippen molar-refractivity contribution < 1.29 is 28.9 Å². The Morgan fingerprint density at radius 2 is 1.96 bits per heavy atom. The molecule has 0 aromatic rings. The molecule has 6 heteroatoms. The molecule has 0 radical (unpaired) electrons. The van der Waals surface area contributed by atoms with Crippen molar-refractivity contribution in [1.82, 2.24) is 0 Å². The first kappa shape index (κ1) is 15.4. The van der Waals surface area contributed by atoms with Crippen molar-refractivity contribution in [2.24, 2.45) is 28.6 Å². The van der Waals surface area contributed by atoms with Crippen LogP contribution >= 0.6 is 0 Å². The van der Waals surface area contributed by atoms with Crippen LogP contribution in [0.2, 0.25) is 0 Å². The second-order valence-electron chi connectivity index (χ2n) is 8.10. The lowest BCUT2D eigenvalue weighted by molar-refractivity contribution is -0.266. The summed E-state index contributed by atoms with van der Waals surface area (Å²) in [6.07, 6.45) is 0.737. The second kappa shape index (κ2) is 4.70. The van der Waals surface area contributed by atoms with E-state index in [9.17, 15) is 14.7 Å². The number of fused-ring (bicyclic) bond motifs is 2. The smallest absolute Gasteiger partial charge is 0.312 e. The van der Waals surface area contributed by atoms with Crippen LogP contribution in [0.5, 0.6) is 0 Å². The Balaban J connectivity index is 1.83. The Bertz CT molecular complexity index is 561. The highest BCUT2D eigenvalue weighted by molar-refractivity contribution is 5.80. The van der Waals surface area contributed by atoms with E-state index in [0.29, 0.717) is 0 Å². The third-order valence-corrected chi connectivity index (χ3v) is 7.07. The van der Waals surface area contributed by atoms with E-state index < -0.39 is 23.9 Å². The number of esters is 2. The van der Waals surface area contributed by atoms with E-state index in [0.717, 1.165) is 19.3 Å². The van der Waals surface area contributed by atoms with Crippen LogP contribution < -0.4 is 0 Å². The second-order valence-corrected chi connectivity index (χ2v) is 8.10. The maximum Gasteiger partial charge on any atom is 0.312 e. The normalized spacial score (nSPS) is 54.8. The van der Waals surface area contributed by atoms with E-state index in [1.807, 2.05) is 6.92 Å². The molecule has 2 heterocycles. The molecule has 0 amide bonds. The quantitative estimate of drug-likeness (QED) is 0.731. The number of methoxy groups -OCH3 is 1. The topological polar surface area (TPSA) is 82.1 Å². The minimum atomic E-state index is -0.861. The van der Waals surface area contributed by atoms with E-state index in [-0.39, 0.29) is 41.5 Å². The van der Waals surface area contributed by atoms with Gasteiger partial charge in [-0.15, -0.1) is 0 Å². The molecule has 23 heavy (non-hydrogen) atoms. The van der Waals surface area contributed by atoms with Gasteiger partial charge in [0.15, 0.2) is 0 Å². The third-order valence-electron chi connectivity index (χ3n) is 7.07. The fraction of sp³-hybridized carbons (Fsp3) is 0.882. The summed E-state index contributed by atoms with van der Waals surface area (Å²) in [5.41, 5.74) is -0.794. The average molecular weight is 324 g/mol. The van der Waals surface area contributed by atoms with Gasteiger partial charge in [0.05, 0.1) is 11.3 Å². The van der Waals surface area contributed by atoms with Crippen LogP contribution in [0.3, 0.4) is 0 Å². The molecular formula is C17H24O6. The number of hydrogen-bond donors (Lipinski definition) is 1. The fourth-order valence-electron chi connectivity index (χ4n) is 6.11. The number of carbonyl (C=O) groups excluding carboxylic acids is 2. The fourth-order valence-corrected chi connectivity index (χ4v) is 6.11. The monoisotopic (exact) mass is 324 g/mol. The summed E-state index contributed by atoms with van der Waals surface area (Å²) in [5, 5.41) is 10.9. The van der Waals surface area contributed by atoms with Crippen molar-refractivity contribution in [1.29, 1.82) is 0 Å². The van der Waals surface area contributed by atoms with Gasteiger partial charge < -0.3 is 19.3 Å². The van der Waals surface area contributed by atoms with Crippen LogP contribution in [-0.2, 0) is 23.8 Å². The summed E-state index contributed by atoms with van der Waals surface area (Å²) < 4.78 is 16.3.